The van der Waals surface area contributed by atoms with Crippen molar-refractivity contribution in [2.75, 3.05) is 18.5 Å². The van der Waals surface area contributed by atoms with E-state index in [2.05, 4.69) is 5.32 Å². The van der Waals surface area contributed by atoms with Gasteiger partial charge in [0, 0.05) is 12.3 Å². The number of hydrogen-bond donors (Lipinski definition) is 1. The van der Waals surface area contributed by atoms with Crippen LogP contribution < -0.4 is 14.8 Å². The second-order valence-corrected chi connectivity index (χ2v) is 6.54. The number of aryl methyl sites for hydroxylation is 1. The molecule has 0 saturated carbocycles. The van der Waals surface area contributed by atoms with Crippen molar-refractivity contribution in [2.24, 2.45) is 0 Å². The Labute approximate surface area is 154 Å². The van der Waals surface area contributed by atoms with Crippen LogP contribution in [0.1, 0.15) is 25.3 Å². The summed E-state index contributed by atoms with van der Waals surface area (Å²) >= 11 is 0. The van der Waals surface area contributed by atoms with Gasteiger partial charge in [0.25, 0.3) is 5.91 Å². The molecular formula is C21H25NO4. The SMILES string of the molecule is Cc1cccc(OC(C)C(=O)Nc2ccc(OCC3CCCO3)cc2)c1. The van der Waals surface area contributed by atoms with Gasteiger partial charge in [0.1, 0.15) is 18.1 Å². The molecule has 0 aliphatic carbocycles. The van der Waals surface area contributed by atoms with Crippen molar-refractivity contribution in [3.8, 4) is 11.5 Å². The number of carbonyl (C=O) groups excluding carboxylic acids is 1. The maximum absolute atomic E-state index is 12.3. The molecule has 3 rings (SSSR count). The molecule has 2 aromatic rings. The highest BCUT2D eigenvalue weighted by Crippen LogP contribution is 2.19. The Morgan fingerprint density at radius 2 is 2.04 bits per heavy atom. The zero-order valence-electron chi connectivity index (χ0n) is 15.2. The third-order valence-corrected chi connectivity index (χ3v) is 4.25. The molecule has 2 aromatic carbocycles. The van der Waals surface area contributed by atoms with Crippen molar-refractivity contribution < 1.29 is 19.0 Å². The van der Waals surface area contributed by atoms with Gasteiger partial charge in [0.2, 0.25) is 0 Å². The third kappa shape index (κ3) is 5.23. The van der Waals surface area contributed by atoms with Gasteiger partial charge in [0.05, 0.1) is 6.10 Å². The van der Waals surface area contributed by atoms with E-state index in [9.17, 15) is 4.79 Å². The summed E-state index contributed by atoms with van der Waals surface area (Å²) in [7, 11) is 0. The molecule has 1 fully saturated rings. The first-order valence-electron chi connectivity index (χ1n) is 8.99. The number of anilines is 1. The maximum atomic E-state index is 12.3. The highest BCUT2D eigenvalue weighted by molar-refractivity contribution is 5.94. The van der Waals surface area contributed by atoms with E-state index in [1.807, 2.05) is 55.5 Å². The van der Waals surface area contributed by atoms with E-state index in [-0.39, 0.29) is 12.0 Å². The average molecular weight is 355 g/mol. The van der Waals surface area contributed by atoms with E-state index in [1.54, 1.807) is 6.92 Å². The van der Waals surface area contributed by atoms with Gasteiger partial charge in [-0.1, -0.05) is 12.1 Å². The van der Waals surface area contributed by atoms with Crippen LogP contribution in [0.15, 0.2) is 48.5 Å². The molecule has 5 heteroatoms. The average Bonchev–Trinajstić information content (AvgIpc) is 3.14. The van der Waals surface area contributed by atoms with Crippen LogP contribution in [-0.2, 0) is 9.53 Å². The van der Waals surface area contributed by atoms with Crippen LogP contribution in [0.3, 0.4) is 0 Å². The molecule has 1 heterocycles. The molecule has 138 valence electrons. The number of nitrogens with one attached hydrogen (secondary N) is 1. The highest BCUT2D eigenvalue weighted by atomic mass is 16.5. The summed E-state index contributed by atoms with van der Waals surface area (Å²) in [6.07, 6.45) is 1.75. The predicted octanol–water partition coefficient (Wildman–Crippen LogP) is 3.96. The van der Waals surface area contributed by atoms with Crippen LogP contribution in [-0.4, -0.2) is 31.3 Å². The second kappa shape index (κ2) is 8.72. The molecule has 1 saturated heterocycles. The van der Waals surface area contributed by atoms with Crippen LogP contribution >= 0.6 is 0 Å². The van der Waals surface area contributed by atoms with Crippen LogP contribution in [0.5, 0.6) is 11.5 Å². The van der Waals surface area contributed by atoms with Gasteiger partial charge in [-0.3, -0.25) is 4.79 Å². The number of rotatable bonds is 7. The minimum absolute atomic E-state index is 0.189. The van der Waals surface area contributed by atoms with Gasteiger partial charge in [-0.2, -0.15) is 0 Å². The molecule has 0 radical (unpaired) electrons. The van der Waals surface area contributed by atoms with Gasteiger partial charge in [-0.05, 0) is 68.7 Å². The zero-order valence-corrected chi connectivity index (χ0v) is 15.2. The molecule has 1 N–H and O–H groups in total. The summed E-state index contributed by atoms with van der Waals surface area (Å²) in [4.78, 5) is 12.3. The quantitative estimate of drug-likeness (QED) is 0.817. The Morgan fingerprint density at radius 3 is 2.73 bits per heavy atom. The van der Waals surface area contributed by atoms with Gasteiger partial charge < -0.3 is 19.5 Å². The number of amides is 1. The lowest BCUT2D eigenvalue weighted by molar-refractivity contribution is -0.122. The monoisotopic (exact) mass is 355 g/mol. The second-order valence-electron chi connectivity index (χ2n) is 6.54. The Kier molecular flexibility index (Phi) is 6.12. The highest BCUT2D eigenvalue weighted by Gasteiger charge is 2.17. The zero-order chi connectivity index (χ0) is 18.4. The van der Waals surface area contributed by atoms with Crippen LogP contribution in [0.4, 0.5) is 5.69 Å². The molecular weight excluding hydrogens is 330 g/mol. The molecule has 2 atom stereocenters. The van der Waals surface area contributed by atoms with Crippen LogP contribution in [0, 0.1) is 6.92 Å². The Bertz CT molecular complexity index is 723. The summed E-state index contributed by atoms with van der Waals surface area (Å²) in [6.45, 7) is 5.10. The molecule has 2 unspecified atom stereocenters. The largest absolute Gasteiger partial charge is 0.491 e. The Morgan fingerprint density at radius 1 is 1.23 bits per heavy atom. The van der Waals surface area contributed by atoms with E-state index in [4.69, 9.17) is 14.2 Å². The van der Waals surface area contributed by atoms with E-state index >= 15 is 0 Å². The normalized spacial score (nSPS) is 17.5. The Hall–Kier alpha value is -2.53. The van der Waals surface area contributed by atoms with Crippen LogP contribution in [0.2, 0.25) is 0 Å². The first kappa shape index (κ1) is 18.3. The van der Waals surface area contributed by atoms with Crippen molar-refractivity contribution in [3.63, 3.8) is 0 Å². The molecule has 5 nitrogen and oxygen atoms in total. The molecule has 1 aliphatic heterocycles. The van der Waals surface area contributed by atoms with E-state index in [1.165, 1.54) is 0 Å². The number of carbonyl (C=O) groups is 1. The van der Waals surface area contributed by atoms with Crippen molar-refractivity contribution in [2.45, 2.75) is 38.9 Å². The summed E-state index contributed by atoms with van der Waals surface area (Å²) in [5, 5.41) is 2.86. The molecule has 1 aliphatic rings. The van der Waals surface area contributed by atoms with Gasteiger partial charge >= 0.3 is 0 Å². The number of benzene rings is 2. The van der Waals surface area contributed by atoms with Crippen LogP contribution in [0.25, 0.3) is 0 Å². The van der Waals surface area contributed by atoms with E-state index < -0.39 is 6.10 Å². The van der Waals surface area contributed by atoms with Crippen molar-refractivity contribution >= 4 is 11.6 Å². The van der Waals surface area contributed by atoms with Gasteiger partial charge in [-0.15, -0.1) is 0 Å². The third-order valence-electron chi connectivity index (χ3n) is 4.25. The number of ether oxygens (including phenoxy) is 3. The summed E-state index contributed by atoms with van der Waals surface area (Å²) in [5.41, 5.74) is 1.80. The standard InChI is InChI=1S/C21H25NO4/c1-15-5-3-6-19(13-15)26-16(2)21(23)22-17-8-10-18(11-9-17)25-14-20-7-4-12-24-20/h3,5-6,8-11,13,16,20H,4,7,12,14H2,1-2H3,(H,22,23). The fourth-order valence-corrected chi connectivity index (χ4v) is 2.79. The lowest BCUT2D eigenvalue weighted by Gasteiger charge is -2.15. The predicted molar refractivity (Wildman–Crippen MR) is 101 cm³/mol. The molecule has 0 spiro atoms. The lowest BCUT2D eigenvalue weighted by atomic mass is 10.2. The summed E-state index contributed by atoms with van der Waals surface area (Å²) in [6, 6.07) is 15.0. The minimum Gasteiger partial charge on any atom is -0.491 e. The maximum Gasteiger partial charge on any atom is 0.265 e. The topological polar surface area (TPSA) is 56.8 Å². The molecule has 26 heavy (non-hydrogen) atoms. The number of hydrogen-bond acceptors (Lipinski definition) is 4. The summed E-state index contributed by atoms with van der Waals surface area (Å²) < 4.78 is 17.0. The fraction of sp³-hybridized carbons (Fsp3) is 0.381. The smallest absolute Gasteiger partial charge is 0.265 e. The first-order chi connectivity index (χ1) is 12.6. The molecule has 1 amide bonds. The molecule has 0 aromatic heterocycles. The summed E-state index contributed by atoms with van der Waals surface area (Å²) in [5.74, 6) is 1.26. The Balaban J connectivity index is 1.48. The molecule has 0 bridgehead atoms. The van der Waals surface area contributed by atoms with E-state index in [0.717, 1.165) is 30.8 Å². The first-order valence-corrected chi connectivity index (χ1v) is 8.99. The van der Waals surface area contributed by atoms with Gasteiger partial charge in [-0.25, -0.2) is 0 Å². The van der Waals surface area contributed by atoms with E-state index in [0.29, 0.717) is 18.0 Å². The van der Waals surface area contributed by atoms with Crippen molar-refractivity contribution in [3.05, 3.63) is 54.1 Å². The van der Waals surface area contributed by atoms with Gasteiger partial charge in [0.15, 0.2) is 6.10 Å². The van der Waals surface area contributed by atoms with Crippen molar-refractivity contribution in [1.29, 1.82) is 0 Å². The van der Waals surface area contributed by atoms with Crippen molar-refractivity contribution in [1.82, 2.24) is 0 Å². The fourth-order valence-electron chi connectivity index (χ4n) is 2.79. The minimum atomic E-state index is -0.591. The lowest BCUT2D eigenvalue weighted by Crippen LogP contribution is -2.30.